The van der Waals surface area contributed by atoms with Gasteiger partial charge in [0.05, 0.1) is 5.69 Å². The Morgan fingerprint density at radius 3 is 2.86 bits per heavy atom. The average molecular weight is 324 g/mol. The highest BCUT2D eigenvalue weighted by molar-refractivity contribution is 7.09. The largest absolute Gasteiger partial charge is 0.311 e. The molecule has 0 bridgehead atoms. The van der Waals surface area contributed by atoms with Gasteiger partial charge in [-0.1, -0.05) is 36.7 Å². The van der Waals surface area contributed by atoms with Crippen LogP contribution in [0.2, 0.25) is 5.02 Å². The van der Waals surface area contributed by atoms with Crippen LogP contribution in [-0.2, 0) is 13.1 Å². The van der Waals surface area contributed by atoms with Gasteiger partial charge in [0.1, 0.15) is 5.01 Å². The maximum atomic E-state index is 6.28. The van der Waals surface area contributed by atoms with E-state index >= 15 is 0 Å². The van der Waals surface area contributed by atoms with E-state index in [1.165, 1.54) is 0 Å². The molecule has 0 aliphatic heterocycles. The highest BCUT2D eigenvalue weighted by Crippen LogP contribution is 2.27. The minimum absolute atomic E-state index is 0.262. The predicted octanol–water partition coefficient (Wildman–Crippen LogP) is 4.10. The Morgan fingerprint density at radius 1 is 1.38 bits per heavy atom. The number of hydrogen-bond donors (Lipinski definition) is 1. The van der Waals surface area contributed by atoms with Crippen molar-refractivity contribution in [1.29, 1.82) is 0 Å². The SMILES string of the molecule is CCNCc1nc(CN(C)C(C)c2ccccc2Cl)cs1. The zero-order valence-corrected chi connectivity index (χ0v) is 14.3. The number of rotatable bonds is 7. The van der Waals surface area contributed by atoms with Gasteiger partial charge in [0.2, 0.25) is 0 Å². The molecule has 1 unspecified atom stereocenters. The molecule has 0 saturated carbocycles. The summed E-state index contributed by atoms with van der Waals surface area (Å²) in [5.74, 6) is 0. The second kappa shape index (κ2) is 7.90. The Labute approximate surface area is 136 Å². The average Bonchev–Trinajstić information content (AvgIpc) is 2.92. The van der Waals surface area contributed by atoms with Crippen molar-refractivity contribution in [3.8, 4) is 0 Å². The number of halogens is 1. The molecule has 0 amide bonds. The number of thiazole rings is 1. The first-order valence-electron chi connectivity index (χ1n) is 7.20. The van der Waals surface area contributed by atoms with Crippen LogP contribution in [0.1, 0.15) is 36.2 Å². The fraction of sp³-hybridized carbons (Fsp3) is 0.438. The third-order valence-corrected chi connectivity index (χ3v) is 4.80. The van der Waals surface area contributed by atoms with Crippen LogP contribution in [0.15, 0.2) is 29.6 Å². The quantitative estimate of drug-likeness (QED) is 0.831. The van der Waals surface area contributed by atoms with Crippen molar-refractivity contribution in [1.82, 2.24) is 15.2 Å². The lowest BCUT2D eigenvalue weighted by molar-refractivity contribution is 0.250. The summed E-state index contributed by atoms with van der Waals surface area (Å²) in [6, 6.07) is 8.28. The standard InChI is InChI=1S/C16H22ClN3S/c1-4-18-9-16-19-13(11-21-16)10-20(3)12(2)14-7-5-6-8-15(14)17/h5-8,11-12,18H,4,9-10H2,1-3H3. The monoisotopic (exact) mass is 323 g/mol. The van der Waals surface area contributed by atoms with Crippen LogP contribution in [0.4, 0.5) is 0 Å². The van der Waals surface area contributed by atoms with Crippen molar-refractivity contribution in [3.63, 3.8) is 0 Å². The molecule has 5 heteroatoms. The minimum atomic E-state index is 0.262. The predicted molar refractivity (Wildman–Crippen MR) is 90.8 cm³/mol. The van der Waals surface area contributed by atoms with Gasteiger partial charge in [-0.15, -0.1) is 11.3 Å². The van der Waals surface area contributed by atoms with Gasteiger partial charge in [-0.3, -0.25) is 4.90 Å². The maximum Gasteiger partial charge on any atom is 0.107 e. The second-order valence-electron chi connectivity index (χ2n) is 5.13. The van der Waals surface area contributed by atoms with Crippen molar-refractivity contribution in [2.24, 2.45) is 0 Å². The van der Waals surface area contributed by atoms with Crippen LogP contribution in [0.25, 0.3) is 0 Å². The van der Waals surface area contributed by atoms with E-state index < -0.39 is 0 Å². The van der Waals surface area contributed by atoms with Crippen molar-refractivity contribution in [2.75, 3.05) is 13.6 Å². The smallest absolute Gasteiger partial charge is 0.107 e. The van der Waals surface area contributed by atoms with E-state index in [1.54, 1.807) is 11.3 Å². The number of aromatic nitrogens is 1. The van der Waals surface area contributed by atoms with Crippen molar-refractivity contribution in [3.05, 3.63) is 50.9 Å². The number of hydrogen-bond acceptors (Lipinski definition) is 4. The van der Waals surface area contributed by atoms with Crippen LogP contribution >= 0.6 is 22.9 Å². The third-order valence-electron chi connectivity index (χ3n) is 3.55. The van der Waals surface area contributed by atoms with Crippen molar-refractivity contribution < 1.29 is 0 Å². The highest BCUT2D eigenvalue weighted by Gasteiger charge is 2.15. The van der Waals surface area contributed by atoms with Gasteiger partial charge in [-0.2, -0.15) is 0 Å². The highest BCUT2D eigenvalue weighted by atomic mass is 35.5. The lowest BCUT2D eigenvalue weighted by atomic mass is 10.1. The molecule has 1 aromatic carbocycles. The van der Waals surface area contributed by atoms with E-state index in [2.05, 4.69) is 47.5 Å². The molecule has 114 valence electrons. The lowest BCUT2D eigenvalue weighted by Crippen LogP contribution is -2.22. The fourth-order valence-corrected chi connectivity index (χ4v) is 3.23. The Balaban J connectivity index is 1.99. The maximum absolute atomic E-state index is 6.28. The Morgan fingerprint density at radius 2 is 2.14 bits per heavy atom. The minimum Gasteiger partial charge on any atom is -0.311 e. The summed E-state index contributed by atoms with van der Waals surface area (Å²) in [7, 11) is 2.11. The summed E-state index contributed by atoms with van der Waals surface area (Å²) in [5, 5.41) is 7.41. The van der Waals surface area contributed by atoms with Gasteiger partial charge < -0.3 is 5.32 Å². The van der Waals surface area contributed by atoms with Gasteiger partial charge >= 0.3 is 0 Å². The summed E-state index contributed by atoms with van der Waals surface area (Å²) < 4.78 is 0. The molecular weight excluding hydrogens is 302 g/mol. The van der Waals surface area contributed by atoms with E-state index in [0.29, 0.717) is 0 Å². The molecule has 1 atom stereocenters. The molecule has 0 saturated heterocycles. The van der Waals surface area contributed by atoms with Crippen molar-refractivity contribution in [2.45, 2.75) is 33.0 Å². The second-order valence-corrected chi connectivity index (χ2v) is 6.48. The molecular formula is C16H22ClN3S. The molecule has 0 aliphatic carbocycles. The van der Waals surface area contributed by atoms with Gasteiger partial charge in [-0.25, -0.2) is 4.98 Å². The molecule has 0 aliphatic rings. The molecule has 2 rings (SSSR count). The zero-order valence-electron chi connectivity index (χ0n) is 12.8. The van der Waals surface area contributed by atoms with Crippen LogP contribution < -0.4 is 5.32 Å². The van der Waals surface area contributed by atoms with Gasteiger partial charge in [0.25, 0.3) is 0 Å². The van der Waals surface area contributed by atoms with E-state index in [-0.39, 0.29) is 6.04 Å². The normalized spacial score (nSPS) is 12.8. The van der Waals surface area contributed by atoms with E-state index in [0.717, 1.165) is 40.9 Å². The van der Waals surface area contributed by atoms with E-state index in [9.17, 15) is 0 Å². The van der Waals surface area contributed by atoms with E-state index in [4.69, 9.17) is 11.6 Å². The van der Waals surface area contributed by atoms with Gasteiger partial charge in [0, 0.05) is 29.5 Å². The Hall–Kier alpha value is -0.940. The van der Waals surface area contributed by atoms with Crippen LogP contribution in [0.3, 0.4) is 0 Å². The molecule has 21 heavy (non-hydrogen) atoms. The van der Waals surface area contributed by atoms with Crippen molar-refractivity contribution >= 4 is 22.9 Å². The fourth-order valence-electron chi connectivity index (χ4n) is 2.18. The molecule has 0 radical (unpaired) electrons. The molecule has 3 nitrogen and oxygen atoms in total. The molecule has 0 spiro atoms. The molecule has 1 aromatic heterocycles. The van der Waals surface area contributed by atoms with Crippen LogP contribution in [0.5, 0.6) is 0 Å². The number of benzene rings is 1. The summed E-state index contributed by atoms with van der Waals surface area (Å²) in [4.78, 5) is 6.94. The Kier molecular flexibility index (Phi) is 6.18. The molecule has 1 heterocycles. The Bertz CT molecular complexity index is 570. The number of nitrogens with zero attached hydrogens (tertiary/aromatic N) is 2. The molecule has 1 N–H and O–H groups in total. The van der Waals surface area contributed by atoms with E-state index in [1.807, 2.05) is 18.2 Å². The van der Waals surface area contributed by atoms with Crippen LogP contribution in [0, 0.1) is 0 Å². The van der Waals surface area contributed by atoms with Crippen LogP contribution in [-0.4, -0.2) is 23.5 Å². The summed E-state index contributed by atoms with van der Waals surface area (Å²) in [6.07, 6.45) is 0. The topological polar surface area (TPSA) is 28.2 Å². The summed E-state index contributed by atoms with van der Waals surface area (Å²) >= 11 is 7.99. The van der Waals surface area contributed by atoms with Gasteiger partial charge in [-0.05, 0) is 32.1 Å². The molecule has 0 fully saturated rings. The zero-order chi connectivity index (χ0) is 15.2. The summed E-state index contributed by atoms with van der Waals surface area (Å²) in [5.41, 5.74) is 2.28. The first kappa shape index (κ1) is 16.4. The third kappa shape index (κ3) is 4.51. The first-order chi connectivity index (χ1) is 10.1. The number of nitrogens with one attached hydrogen (secondary N) is 1. The van der Waals surface area contributed by atoms with Gasteiger partial charge in [0.15, 0.2) is 0 Å². The summed E-state index contributed by atoms with van der Waals surface area (Å²) in [6.45, 7) is 6.93. The first-order valence-corrected chi connectivity index (χ1v) is 8.46. The molecule has 2 aromatic rings. The lowest BCUT2D eigenvalue weighted by Gasteiger charge is -2.25.